The van der Waals surface area contributed by atoms with Gasteiger partial charge < -0.3 is 29.2 Å². The number of hydrogen-bond acceptors (Lipinski definition) is 9. The third kappa shape index (κ3) is 17.4. The topological polar surface area (TPSA) is 124 Å². The van der Waals surface area contributed by atoms with E-state index >= 15 is 0 Å². The number of Topliss-reactive ketones (excluding diaryl/α,β-unsaturated/α-hetero) is 1. The van der Waals surface area contributed by atoms with Crippen molar-refractivity contribution < 1.29 is 43.6 Å². The molecule has 100 heavy (non-hydrogen) atoms. The second-order valence-corrected chi connectivity index (χ2v) is 34.5. The van der Waals surface area contributed by atoms with Crippen LogP contribution in [-0.4, -0.2) is 279 Å². The van der Waals surface area contributed by atoms with Crippen LogP contribution >= 0.6 is 15.9 Å². The summed E-state index contributed by atoms with van der Waals surface area (Å²) in [6.07, 6.45) is 6.83. The van der Waals surface area contributed by atoms with Crippen molar-refractivity contribution in [2.75, 3.05) is 27.7 Å². The summed E-state index contributed by atoms with van der Waals surface area (Å²) < 4.78 is 22.2. The lowest BCUT2D eigenvalue weighted by molar-refractivity contribution is -0.182. The van der Waals surface area contributed by atoms with Gasteiger partial charge in [0.25, 0.3) is 0 Å². The van der Waals surface area contributed by atoms with E-state index in [4.69, 9.17) is 148 Å². The monoisotopic (exact) mass is 1360 g/mol. The fourth-order valence-electron chi connectivity index (χ4n) is 22.7. The molecule has 10 aliphatic rings. The Hall–Kier alpha value is -0.912. The van der Waals surface area contributed by atoms with Crippen LogP contribution < -0.4 is 18.9 Å². The fraction of sp³-hybridized carbons (Fsp3) is 0.763. The first-order chi connectivity index (χ1) is 46.3. The summed E-state index contributed by atoms with van der Waals surface area (Å²) in [5, 5.41) is 22.8. The minimum atomic E-state index is -1.07. The smallest absolute Gasteiger partial charge is 0.249 e. The molecule has 8 aliphatic carbocycles. The molecule has 2 aromatic carbocycles. The van der Waals surface area contributed by atoms with Crippen LogP contribution in [0.1, 0.15) is 175 Å². The van der Waals surface area contributed by atoms with Crippen molar-refractivity contribution in [2.45, 2.75) is 176 Å². The molecule has 0 unspecified atom stereocenters. The van der Waals surface area contributed by atoms with Gasteiger partial charge in [0.1, 0.15) is 0 Å². The summed E-state index contributed by atoms with van der Waals surface area (Å²) in [4.78, 5) is 31.9. The third-order valence-corrected chi connectivity index (χ3v) is 28.4. The van der Waals surface area contributed by atoms with Crippen molar-refractivity contribution in [1.82, 2.24) is 5.06 Å². The van der Waals surface area contributed by atoms with E-state index in [2.05, 4.69) is 43.6 Å². The van der Waals surface area contributed by atoms with Crippen LogP contribution in [-0.2, 0) is 9.63 Å². The molecule has 0 bridgehead atoms. The van der Waals surface area contributed by atoms with E-state index in [0.29, 0.717) is 52.8 Å². The van der Waals surface area contributed by atoms with Crippen molar-refractivity contribution in [3.8, 4) is 23.0 Å². The highest BCUT2D eigenvalue weighted by molar-refractivity contribution is 9.10. The summed E-state index contributed by atoms with van der Waals surface area (Å²) in [5.74, 6) is 9.51. The highest BCUT2D eigenvalue weighted by Crippen LogP contribution is 2.70. The maximum atomic E-state index is 13.7. The number of rotatable bonds is 17. The number of benzene rings is 2. The van der Waals surface area contributed by atoms with Gasteiger partial charge in [0.2, 0.25) is 19.5 Å². The molecule has 32 radical (unpaired) electrons. The molecule has 8 saturated carbocycles. The van der Waals surface area contributed by atoms with Crippen LogP contribution in [0.5, 0.6) is 23.0 Å². The zero-order valence-corrected chi connectivity index (χ0v) is 61.9. The molecule has 2 heterocycles. The van der Waals surface area contributed by atoms with E-state index in [-0.39, 0.29) is 42.8 Å². The van der Waals surface area contributed by atoms with Crippen LogP contribution in [0.25, 0.3) is 0 Å². The van der Waals surface area contributed by atoms with Crippen LogP contribution in [0.4, 0.5) is 0 Å². The molecular weight excluding hydrogens is 1270 g/mol. The molecule has 16 atom stereocenters. The fourth-order valence-corrected chi connectivity index (χ4v) is 23.1. The summed E-state index contributed by atoms with van der Waals surface area (Å²) in [7, 11) is 99.7. The number of amides is 1. The van der Waals surface area contributed by atoms with Gasteiger partial charge in [-0.05, 0) is 235 Å². The molecule has 0 saturated heterocycles. The minimum absolute atomic E-state index is 0. The number of carbonyl (C=O) groups excluding carboxylic acids is 2. The maximum absolute atomic E-state index is 13.7. The molecule has 1 amide bonds. The molecule has 0 aromatic heterocycles. The minimum Gasteiger partial charge on any atom is -0.454 e. The van der Waals surface area contributed by atoms with E-state index in [1.165, 1.54) is 75.7 Å². The summed E-state index contributed by atoms with van der Waals surface area (Å²) in [5.41, 5.74) is 0.843. The summed E-state index contributed by atoms with van der Waals surface area (Å²) in [6, 6.07) is 11.4. The number of aliphatic hydroxyl groups is 2. The number of hydroxylamine groups is 2. The Kier molecular flexibility index (Phi) is 28.7. The number of nitrogens with zero attached hydrogens (tertiary/aromatic N) is 1. The maximum Gasteiger partial charge on any atom is 0.249 e. The number of ether oxygens (including phenoxy) is 4. The third-order valence-electron chi connectivity index (χ3n) is 27.9. The van der Waals surface area contributed by atoms with E-state index in [0.717, 1.165) is 95.9 Å². The quantitative estimate of drug-likeness (QED) is 0.139. The molecule has 10 nitrogen and oxygen atoms in total. The molecule has 8 fully saturated rings. The van der Waals surface area contributed by atoms with Crippen molar-refractivity contribution in [1.29, 1.82) is 0 Å². The lowest BCUT2D eigenvalue weighted by Gasteiger charge is -2.61. The predicted molar refractivity (Wildman–Crippen MR) is 448 cm³/mol. The average Bonchev–Trinajstić information content (AvgIpc) is 0.933. The van der Waals surface area contributed by atoms with Crippen LogP contribution in [0, 0.1) is 80.8 Å². The molecule has 2 aromatic rings. The van der Waals surface area contributed by atoms with E-state index in [9.17, 15) is 19.8 Å². The highest BCUT2D eigenvalue weighted by Gasteiger charge is 2.64. The molecule has 41 heteroatoms. The van der Waals surface area contributed by atoms with Crippen molar-refractivity contribution >= 4 is 241 Å². The summed E-state index contributed by atoms with van der Waals surface area (Å²) >= 11 is 3.33. The molecule has 478 valence electrons. The van der Waals surface area contributed by atoms with Gasteiger partial charge in [-0.3, -0.25) is 14.4 Å². The highest BCUT2D eigenvalue weighted by atomic mass is 79.9. The standard InChI is InChI=1S/C28H38O4.C23H39NO3.C7H5BrO2.CH4.B30/c1-26(30)12-13-27(2)18(15-26)5-6-19-20-7-8-22(28(20,3)11-10-21(19)27)25(29)17-4-9-23-24(14-17)32-16-31-23;1-21(26)12-13-22(2)15(14-21)6-7-16-17-8-9-19(20(25)24(4)27-5)23(17,3)11-10-18(16)22;8-5-1-2-6-7(3-5)10-4-9-6;;1-17(2)25(18(3)4)29(26(19(5)6)20(7)8)30(27(21(9)10)22(11)12)28(23(13)14)24(15)16/h4,9,14,18-22,30H,5-8,10-13,15-16H2,1-3H3;15-19,26H,6-14H2,1-5H3;1-3H,4H2;1H4;/t18-,19-,20-,21-,22+,26+,27-,28-;15-,16-,17-,18-,19+,21+,22-,23-;;;/m00.../s1. The Labute approximate surface area is 638 Å². The Bertz CT molecular complexity index is 2970. The normalized spacial score (nSPS) is 33.2. The van der Waals surface area contributed by atoms with Gasteiger partial charge in [-0.1, -0.05) is 51.1 Å². The molecule has 2 N–H and O–H groups in total. The first kappa shape index (κ1) is 84.7. The predicted octanol–water partition coefficient (Wildman–Crippen LogP) is 1.81. The summed E-state index contributed by atoms with van der Waals surface area (Å²) in [6.45, 7) is 14.6. The molecule has 12 rings (SSSR count). The average molecular weight is 1360 g/mol. The number of fused-ring (bicyclic) bond motifs is 12. The van der Waals surface area contributed by atoms with Gasteiger partial charge in [-0.2, -0.15) is 0 Å². The lowest BCUT2D eigenvalue weighted by atomic mass is 8.31. The van der Waals surface area contributed by atoms with Gasteiger partial charge in [0.15, 0.2) is 28.8 Å². The Morgan fingerprint density at radius 1 is 0.450 bits per heavy atom. The second-order valence-electron chi connectivity index (χ2n) is 33.6. The number of hydrogen-bond donors (Lipinski definition) is 2. The van der Waals surface area contributed by atoms with Crippen molar-refractivity contribution in [2.24, 2.45) is 80.8 Å². The Morgan fingerprint density at radius 3 is 1.19 bits per heavy atom. The first-order valence-corrected chi connectivity index (χ1v) is 37.4. The number of ketones is 1. The first-order valence-electron chi connectivity index (χ1n) is 36.6. The second kappa shape index (κ2) is 33.9. The van der Waals surface area contributed by atoms with Crippen LogP contribution in [0.15, 0.2) is 40.9 Å². The van der Waals surface area contributed by atoms with E-state index in [1.807, 2.05) is 50.2 Å². The van der Waals surface area contributed by atoms with Crippen LogP contribution in [0.2, 0.25) is 0 Å². The lowest BCUT2D eigenvalue weighted by Crippen LogP contribution is -2.88. The zero-order valence-electron chi connectivity index (χ0n) is 60.3. The zero-order chi connectivity index (χ0) is 73.0. The van der Waals surface area contributed by atoms with Crippen molar-refractivity contribution in [3.05, 3.63) is 46.4 Å². The SMILES string of the molecule is Brc1ccc2c(c1)OCO2.C.CON(C)C(=O)[C@H]1CC[C@H]2[C@@H]3CC[C@H]4C[C@](C)(O)CC[C@]4(C)[C@H]3CC[C@]12C.C[C@@]1(O)CC[C@@]2(C)[C@@H](CC[C@@H]3[C@@H]2CC[C@]2(C)[C@@H](C(=O)c4ccc5c(c4)OCO5)CC[C@@H]32)C1.[B]B([B])B(B([B])[B])B(B(B([B])[B])B([B])[B])B(B(B([B])[B])B([B])[B])B(B([B])[B])B([B])[B]. The van der Waals surface area contributed by atoms with E-state index in [1.54, 1.807) is 14.2 Å². The molecule has 0 spiro atoms. The molecular formula is C59H86B30BrNO9. The number of halogens is 1. The van der Waals surface area contributed by atoms with Gasteiger partial charge in [0.05, 0.1) is 18.3 Å². The number of carbonyl (C=O) groups is 2. The van der Waals surface area contributed by atoms with Crippen molar-refractivity contribution in [3.63, 3.8) is 0 Å². The van der Waals surface area contributed by atoms with E-state index < -0.39 is 101 Å². The van der Waals surface area contributed by atoms with Gasteiger partial charge in [0, 0.05) is 242 Å². The largest absolute Gasteiger partial charge is 0.454 e. The van der Waals surface area contributed by atoms with Gasteiger partial charge in [-0.25, -0.2) is 5.06 Å². The van der Waals surface area contributed by atoms with Crippen LogP contribution in [0.3, 0.4) is 0 Å². The molecule has 2 aliphatic heterocycles. The van der Waals surface area contributed by atoms with Gasteiger partial charge >= 0.3 is 0 Å². The van der Waals surface area contributed by atoms with Gasteiger partial charge in [-0.15, -0.1) is 0 Å². The Balaban J connectivity index is 0.000000177. The Morgan fingerprint density at radius 2 is 0.800 bits per heavy atom.